The van der Waals surface area contributed by atoms with Crippen molar-refractivity contribution in [1.82, 2.24) is 9.78 Å². The van der Waals surface area contributed by atoms with E-state index in [1.165, 1.54) is 62.5 Å². The molecule has 5 aromatic rings. The number of hydrogen-bond donors (Lipinski definition) is 1. The van der Waals surface area contributed by atoms with Gasteiger partial charge in [0.15, 0.2) is 11.5 Å². The first-order chi connectivity index (χ1) is 20.3. The monoisotopic (exact) mass is 587 g/mol. The van der Waals surface area contributed by atoms with Gasteiger partial charge in [-0.05, 0) is 59.5 Å². The van der Waals surface area contributed by atoms with Gasteiger partial charge in [-0.2, -0.15) is 9.78 Å². The summed E-state index contributed by atoms with van der Waals surface area (Å²) in [6.07, 6.45) is 0. The molecule has 1 N–H and O–H groups in total. The highest BCUT2D eigenvalue weighted by Crippen LogP contribution is 2.46. The standard InChI is InChI=1S/C31H26FN3O6S/c1-18(36)41-31-27(19-10-12-22(13-11-19)33-30(37)26-9-6-14-42-26)28(34-35(31)23-8-5-7-21(32)17-23)20-15-24(38-2)29(40-4)25(16-20)39-3/h5-17H,1-4H3,(H,33,37). The molecule has 0 aliphatic carbocycles. The zero-order valence-corrected chi connectivity index (χ0v) is 24.0. The minimum absolute atomic E-state index is 0.0761. The van der Waals surface area contributed by atoms with Crippen molar-refractivity contribution in [2.24, 2.45) is 0 Å². The summed E-state index contributed by atoms with van der Waals surface area (Å²) in [4.78, 5) is 25.5. The van der Waals surface area contributed by atoms with E-state index < -0.39 is 11.8 Å². The molecule has 1 amide bonds. The van der Waals surface area contributed by atoms with Crippen LogP contribution in [0.1, 0.15) is 16.6 Å². The fraction of sp³-hybridized carbons (Fsp3) is 0.129. The van der Waals surface area contributed by atoms with E-state index in [2.05, 4.69) is 5.32 Å². The van der Waals surface area contributed by atoms with Crippen LogP contribution in [0.3, 0.4) is 0 Å². The summed E-state index contributed by atoms with van der Waals surface area (Å²) in [5, 5.41) is 9.49. The van der Waals surface area contributed by atoms with Crippen molar-refractivity contribution in [1.29, 1.82) is 0 Å². The Morgan fingerprint density at radius 1 is 0.881 bits per heavy atom. The minimum Gasteiger partial charge on any atom is -0.493 e. The van der Waals surface area contributed by atoms with E-state index in [1.807, 2.05) is 5.38 Å². The molecule has 2 aromatic heterocycles. The molecule has 2 heterocycles. The van der Waals surface area contributed by atoms with E-state index in [1.54, 1.807) is 54.6 Å². The lowest BCUT2D eigenvalue weighted by atomic mass is 10.00. The number of thiophene rings is 1. The molecule has 214 valence electrons. The van der Waals surface area contributed by atoms with Gasteiger partial charge in [0.2, 0.25) is 11.6 Å². The van der Waals surface area contributed by atoms with Crippen molar-refractivity contribution in [3.63, 3.8) is 0 Å². The van der Waals surface area contributed by atoms with Gasteiger partial charge in [-0.3, -0.25) is 9.59 Å². The fourth-order valence-electron chi connectivity index (χ4n) is 4.42. The molecule has 0 spiro atoms. The third-order valence-corrected chi connectivity index (χ3v) is 7.12. The predicted octanol–water partition coefficient (Wildman–Crippen LogP) is 6.61. The van der Waals surface area contributed by atoms with Crippen LogP contribution >= 0.6 is 11.3 Å². The van der Waals surface area contributed by atoms with Crippen LogP contribution in [0.15, 0.2) is 78.2 Å². The average Bonchev–Trinajstić information content (AvgIpc) is 3.66. The molecule has 0 aliphatic rings. The molecule has 42 heavy (non-hydrogen) atoms. The summed E-state index contributed by atoms with van der Waals surface area (Å²) in [5.74, 6) is -0.0651. The highest BCUT2D eigenvalue weighted by molar-refractivity contribution is 7.12. The Balaban J connectivity index is 1.71. The Hall–Kier alpha value is -5.16. The molecule has 5 rings (SSSR count). The third kappa shape index (κ3) is 5.68. The number of halogens is 1. The van der Waals surface area contributed by atoms with E-state index in [0.717, 1.165) is 0 Å². The number of esters is 1. The molecule has 0 bridgehead atoms. The molecule has 3 aromatic carbocycles. The van der Waals surface area contributed by atoms with Crippen molar-refractivity contribution in [2.75, 3.05) is 26.6 Å². The van der Waals surface area contributed by atoms with Crippen LogP contribution in [-0.4, -0.2) is 43.0 Å². The number of anilines is 1. The van der Waals surface area contributed by atoms with Crippen LogP contribution < -0.4 is 24.3 Å². The number of nitrogens with one attached hydrogen (secondary N) is 1. The molecule has 0 unspecified atom stereocenters. The van der Waals surface area contributed by atoms with Gasteiger partial charge >= 0.3 is 5.97 Å². The summed E-state index contributed by atoms with van der Waals surface area (Å²) >= 11 is 1.34. The van der Waals surface area contributed by atoms with Gasteiger partial charge in [-0.1, -0.05) is 24.3 Å². The Morgan fingerprint density at radius 3 is 2.17 bits per heavy atom. The first kappa shape index (κ1) is 28.4. The molecule has 9 nitrogen and oxygen atoms in total. The highest BCUT2D eigenvalue weighted by atomic mass is 32.1. The number of benzene rings is 3. The zero-order valence-electron chi connectivity index (χ0n) is 23.1. The summed E-state index contributed by atoms with van der Waals surface area (Å²) in [6.45, 7) is 1.27. The minimum atomic E-state index is -0.593. The van der Waals surface area contributed by atoms with Gasteiger partial charge in [0, 0.05) is 18.2 Å². The number of methoxy groups -OCH3 is 3. The number of rotatable bonds is 9. The Bertz CT molecular complexity index is 1720. The van der Waals surface area contributed by atoms with Crippen LogP contribution in [0.25, 0.3) is 28.1 Å². The second kappa shape index (κ2) is 12.1. The topological polar surface area (TPSA) is 101 Å². The van der Waals surface area contributed by atoms with Gasteiger partial charge in [0.25, 0.3) is 5.91 Å². The maximum absolute atomic E-state index is 14.3. The molecule has 0 saturated carbocycles. The molecular weight excluding hydrogens is 561 g/mol. The quantitative estimate of drug-likeness (QED) is 0.194. The number of carbonyl (C=O) groups excluding carboxylic acids is 2. The summed E-state index contributed by atoms with van der Waals surface area (Å²) in [7, 11) is 4.50. The maximum Gasteiger partial charge on any atom is 0.309 e. The lowest BCUT2D eigenvalue weighted by Gasteiger charge is -2.14. The van der Waals surface area contributed by atoms with Crippen molar-refractivity contribution < 1.29 is 32.9 Å². The third-order valence-electron chi connectivity index (χ3n) is 6.25. The Kier molecular flexibility index (Phi) is 8.21. The van der Waals surface area contributed by atoms with Crippen molar-refractivity contribution >= 4 is 28.9 Å². The van der Waals surface area contributed by atoms with Crippen LogP contribution in [0.4, 0.5) is 10.1 Å². The van der Waals surface area contributed by atoms with E-state index in [0.29, 0.717) is 55.9 Å². The largest absolute Gasteiger partial charge is 0.493 e. The number of ether oxygens (including phenoxy) is 4. The van der Waals surface area contributed by atoms with E-state index in [4.69, 9.17) is 24.0 Å². The van der Waals surface area contributed by atoms with Crippen LogP contribution in [0, 0.1) is 5.82 Å². The lowest BCUT2D eigenvalue weighted by molar-refractivity contribution is -0.132. The molecule has 0 aliphatic heterocycles. The molecule has 11 heteroatoms. The molecule has 0 saturated heterocycles. The van der Waals surface area contributed by atoms with E-state index in [9.17, 15) is 14.0 Å². The van der Waals surface area contributed by atoms with Gasteiger partial charge < -0.3 is 24.3 Å². The second-order valence-electron chi connectivity index (χ2n) is 8.94. The smallest absolute Gasteiger partial charge is 0.309 e. The summed E-state index contributed by atoms with van der Waals surface area (Å²) < 4.78 is 38.0. The van der Waals surface area contributed by atoms with Crippen LogP contribution in [0.5, 0.6) is 23.1 Å². The van der Waals surface area contributed by atoms with E-state index >= 15 is 0 Å². The van der Waals surface area contributed by atoms with Crippen molar-refractivity contribution in [3.05, 3.63) is 88.9 Å². The SMILES string of the molecule is COc1cc(-c2nn(-c3cccc(F)c3)c(OC(C)=O)c2-c2ccc(NC(=O)c3cccs3)cc2)cc(OC)c1OC. The molecular formula is C31H26FN3O6S. The summed E-state index contributed by atoms with van der Waals surface area (Å²) in [5.41, 5.74) is 2.92. The maximum atomic E-state index is 14.3. The van der Waals surface area contributed by atoms with Crippen molar-refractivity contribution in [2.45, 2.75) is 6.92 Å². The van der Waals surface area contributed by atoms with Gasteiger partial charge in [0.05, 0.1) is 37.5 Å². The number of hydrogen-bond acceptors (Lipinski definition) is 8. The number of nitrogens with zero attached hydrogens (tertiary/aromatic N) is 2. The molecule has 0 radical (unpaired) electrons. The number of carbonyl (C=O) groups is 2. The van der Waals surface area contributed by atoms with Gasteiger partial charge in [-0.25, -0.2) is 4.39 Å². The predicted molar refractivity (Wildman–Crippen MR) is 158 cm³/mol. The summed E-state index contributed by atoms with van der Waals surface area (Å²) in [6, 6.07) is 19.8. The van der Waals surface area contributed by atoms with Crippen molar-refractivity contribution in [3.8, 4) is 51.2 Å². The fourth-order valence-corrected chi connectivity index (χ4v) is 5.04. The van der Waals surface area contributed by atoms with Gasteiger partial charge in [0.1, 0.15) is 11.5 Å². The number of aromatic nitrogens is 2. The molecule has 0 atom stereocenters. The Labute approximate surface area is 245 Å². The number of amides is 1. The first-order valence-corrected chi connectivity index (χ1v) is 13.5. The Morgan fingerprint density at radius 2 is 1.60 bits per heavy atom. The van der Waals surface area contributed by atoms with Gasteiger partial charge in [-0.15, -0.1) is 11.3 Å². The molecule has 0 fully saturated rings. The highest BCUT2D eigenvalue weighted by Gasteiger charge is 2.27. The average molecular weight is 588 g/mol. The van der Waals surface area contributed by atoms with E-state index in [-0.39, 0.29) is 11.8 Å². The van der Waals surface area contributed by atoms with Crippen LogP contribution in [-0.2, 0) is 4.79 Å². The lowest BCUT2D eigenvalue weighted by Crippen LogP contribution is -2.10. The zero-order chi connectivity index (χ0) is 29.8. The van der Waals surface area contributed by atoms with Crippen LogP contribution in [0.2, 0.25) is 0 Å². The first-order valence-electron chi connectivity index (χ1n) is 12.7. The second-order valence-corrected chi connectivity index (χ2v) is 9.88. The normalized spacial score (nSPS) is 10.7.